The van der Waals surface area contributed by atoms with Crippen molar-refractivity contribution in [3.05, 3.63) is 0 Å². The van der Waals surface area contributed by atoms with Crippen LogP contribution >= 0.6 is 0 Å². The van der Waals surface area contributed by atoms with Gasteiger partial charge in [0.25, 0.3) is 0 Å². The molecule has 2 N–H and O–H groups in total. The van der Waals surface area contributed by atoms with E-state index in [0.29, 0.717) is 6.04 Å². The van der Waals surface area contributed by atoms with E-state index in [0.717, 1.165) is 25.6 Å². The van der Waals surface area contributed by atoms with Gasteiger partial charge in [-0.15, -0.1) is 0 Å². The zero-order chi connectivity index (χ0) is 9.26. The standard InChI is InChI=1S/C9H17N3O/c1-10-9(13)12-5-3-7-2-4-11-6-8(7)12/h7-8,11H,2-6H2,1H3,(H,10,13). The number of fused-ring (bicyclic) bond motifs is 1. The number of hydrogen-bond donors (Lipinski definition) is 2. The normalized spacial score (nSPS) is 32.8. The number of amides is 2. The van der Waals surface area contributed by atoms with E-state index in [1.54, 1.807) is 7.05 Å². The van der Waals surface area contributed by atoms with Crippen LogP contribution in [0.1, 0.15) is 12.8 Å². The van der Waals surface area contributed by atoms with Crippen LogP contribution in [0.2, 0.25) is 0 Å². The summed E-state index contributed by atoms with van der Waals surface area (Å²) in [7, 11) is 1.70. The van der Waals surface area contributed by atoms with Crippen LogP contribution in [0.25, 0.3) is 0 Å². The van der Waals surface area contributed by atoms with Crippen molar-refractivity contribution >= 4 is 6.03 Å². The Kier molecular flexibility index (Phi) is 2.40. The van der Waals surface area contributed by atoms with Gasteiger partial charge in [-0.1, -0.05) is 0 Å². The highest BCUT2D eigenvalue weighted by Gasteiger charge is 2.37. The molecule has 0 aromatic heterocycles. The monoisotopic (exact) mass is 183 g/mol. The number of hydrogen-bond acceptors (Lipinski definition) is 2. The molecule has 13 heavy (non-hydrogen) atoms. The van der Waals surface area contributed by atoms with Crippen molar-refractivity contribution in [3.63, 3.8) is 0 Å². The summed E-state index contributed by atoms with van der Waals surface area (Å²) in [5.74, 6) is 0.735. The second kappa shape index (κ2) is 3.54. The Hall–Kier alpha value is -0.770. The van der Waals surface area contributed by atoms with Crippen molar-refractivity contribution < 1.29 is 4.79 Å². The molecule has 2 aliphatic heterocycles. The van der Waals surface area contributed by atoms with Gasteiger partial charge in [0.15, 0.2) is 0 Å². The topological polar surface area (TPSA) is 44.4 Å². The number of carbonyl (C=O) groups is 1. The summed E-state index contributed by atoms with van der Waals surface area (Å²) in [5, 5.41) is 6.04. The Bertz CT molecular complexity index is 207. The lowest BCUT2D eigenvalue weighted by molar-refractivity contribution is 0.177. The quantitative estimate of drug-likeness (QED) is 0.555. The van der Waals surface area contributed by atoms with Crippen LogP contribution in [-0.4, -0.2) is 43.7 Å². The smallest absolute Gasteiger partial charge is 0.317 e. The first-order valence-corrected chi connectivity index (χ1v) is 5.02. The number of urea groups is 1. The third-order valence-electron chi connectivity index (χ3n) is 3.21. The molecule has 4 heteroatoms. The number of nitrogens with zero attached hydrogens (tertiary/aromatic N) is 1. The molecule has 2 saturated heterocycles. The lowest BCUT2D eigenvalue weighted by atomic mass is 9.93. The van der Waals surface area contributed by atoms with Crippen molar-refractivity contribution in [1.82, 2.24) is 15.5 Å². The number of carbonyl (C=O) groups excluding carboxylic acids is 1. The van der Waals surface area contributed by atoms with Gasteiger partial charge in [0.2, 0.25) is 0 Å². The van der Waals surface area contributed by atoms with Gasteiger partial charge in [-0.25, -0.2) is 4.79 Å². The third kappa shape index (κ3) is 1.50. The van der Waals surface area contributed by atoms with Gasteiger partial charge >= 0.3 is 6.03 Å². The minimum Gasteiger partial charge on any atom is -0.341 e. The van der Waals surface area contributed by atoms with Gasteiger partial charge < -0.3 is 15.5 Å². The minimum atomic E-state index is 0.0798. The highest BCUT2D eigenvalue weighted by molar-refractivity contribution is 5.74. The molecule has 2 atom stereocenters. The van der Waals surface area contributed by atoms with Crippen LogP contribution in [0.4, 0.5) is 4.79 Å². The first-order chi connectivity index (χ1) is 6.33. The minimum absolute atomic E-state index is 0.0798. The van der Waals surface area contributed by atoms with Crippen molar-refractivity contribution in [2.45, 2.75) is 18.9 Å². The van der Waals surface area contributed by atoms with Crippen molar-refractivity contribution in [1.29, 1.82) is 0 Å². The van der Waals surface area contributed by atoms with E-state index in [-0.39, 0.29) is 6.03 Å². The van der Waals surface area contributed by atoms with Crippen molar-refractivity contribution in [3.8, 4) is 0 Å². The molecule has 74 valence electrons. The summed E-state index contributed by atoms with van der Waals surface area (Å²) in [6.07, 6.45) is 2.40. The molecular formula is C9H17N3O. The van der Waals surface area contributed by atoms with Gasteiger partial charge in [-0.3, -0.25) is 0 Å². The summed E-state index contributed by atoms with van der Waals surface area (Å²) in [6, 6.07) is 0.518. The number of likely N-dealkylation sites (tertiary alicyclic amines) is 1. The van der Waals surface area contributed by atoms with E-state index in [9.17, 15) is 4.79 Å². The van der Waals surface area contributed by atoms with E-state index in [1.165, 1.54) is 12.8 Å². The molecule has 0 spiro atoms. The molecule has 2 fully saturated rings. The van der Waals surface area contributed by atoms with Crippen LogP contribution < -0.4 is 10.6 Å². The zero-order valence-electron chi connectivity index (χ0n) is 8.05. The lowest BCUT2D eigenvalue weighted by Gasteiger charge is -2.31. The molecule has 4 nitrogen and oxygen atoms in total. The van der Waals surface area contributed by atoms with E-state index in [1.807, 2.05) is 4.90 Å². The largest absolute Gasteiger partial charge is 0.341 e. The summed E-state index contributed by atoms with van der Waals surface area (Å²) in [4.78, 5) is 13.4. The van der Waals surface area contributed by atoms with Crippen molar-refractivity contribution in [2.75, 3.05) is 26.7 Å². The second-order valence-corrected chi connectivity index (χ2v) is 3.86. The van der Waals surface area contributed by atoms with E-state index in [2.05, 4.69) is 10.6 Å². The van der Waals surface area contributed by atoms with Crippen LogP contribution in [0.5, 0.6) is 0 Å². The maximum absolute atomic E-state index is 11.5. The highest BCUT2D eigenvalue weighted by Crippen LogP contribution is 2.28. The molecule has 2 amide bonds. The van der Waals surface area contributed by atoms with E-state index >= 15 is 0 Å². The van der Waals surface area contributed by atoms with Crippen LogP contribution in [0.15, 0.2) is 0 Å². The average molecular weight is 183 g/mol. The number of piperidine rings is 1. The van der Waals surface area contributed by atoms with Gasteiger partial charge in [-0.05, 0) is 25.3 Å². The van der Waals surface area contributed by atoms with Crippen LogP contribution in [0, 0.1) is 5.92 Å². The fourth-order valence-corrected chi connectivity index (χ4v) is 2.46. The molecule has 0 saturated carbocycles. The molecular weight excluding hydrogens is 166 g/mol. The molecule has 0 aromatic rings. The van der Waals surface area contributed by atoms with Crippen LogP contribution in [0.3, 0.4) is 0 Å². The Labute approximate surface area is 78.7 Å². The lowest BCUT2D eigenvalue weighted by Crippen LogP contribution is -2.50. The molecule has 2 heterocycles. The Balaban J connectivity index is 2.02. The molecule has 0 radical (unpaired) electrons. The Morgan fingerprint density at radius 2 is 2.38 bits per heavy atom. The predicted octanol–water partition coefficient (Wildman–Crippen LogP) is 0.00960. The van der Waals surface area contributed by atoms with Gasteiger partial charge in [0, 0.05) is 26.2 Å². The maximum Gasteiger partial charge on any atom is 0.317 e. The fourth-order valence-electron chi connectivity index (χ4n) is 2.46. The highest BCUT2D eigenvalue weighted by atomic mass is 16.2. The second-order valence-electron chi connectivity index (χ2n) is 3.86. The van der Waals surface area contributed by atoms with Gasteiger partial charge in [0.1, 0.15) is 0 Å². The zero-order valence-corrected chi connectivity index (χ0v) is 8.05. The Morgan fingerprint density at radius 3 is 3.15 bits per heavy atom. The summed E-state index contributed by atoms with van der Waals surface area (Å²) in [6.45, 7) is 3.01. The fraction of sp³-hybridized carbons (Fsp3) is 0.889. The molecule has 0 aliphatic carbocycles. The van der Waals surface area contributed by atoms with E-state index in [4.69, 9.17) is 0 Å². The van der Waals surface area contributed by atoms with Crippen molar-refractivity contribution in [2.24, 2.45) is 5.92 Å². The third-order valence-corrected chi connectivity index (χ3v) is 3.21. The predicted molar refractivity (Wildman–Crippen MR) is 50.5 cm³/mol. The maximum atomic E-state index is 11.5. The summed E-state index contributed by atoms with van der Waals surface area (Å²) >= 11 is 0. The Morgan fingerprint density at radius 1 is 1.54 bits per heavy atom. The molecule has 0 aromatic carbocycles. The first kappa shape index (κ1) is 8.81. The summed E-state index contributed by atoms with van der Waals surface area (Å²) in [5.41, 5.74) is 0. The van der Waals surface area contributed by atoms with Crippen LogP contribution in [-0.2, 0) is 0 Å². The SMILES string of the molecule is CNC(=O)N1CCC2CCNCC21. The van der Waals surface area contributed by atoms with Gasteiger partial charge in [0.05, 0.1) is 0 Å². The molecule has 2 aliphatic rings. The number of nitrogens with one attached hydrogen (secondary N) is 2. The first-order valence-electron chi connectivity index (χ1n) is 5.02. The molecule has 0 bridgehead atoms. The summed E-state index contributed by atoms with van der Waals surface area (Å²) < 4.78 is 0. The van der Waals surface area contributed by atoms with Gasteiger partial charge in [-0.2, -0.15) is 0 Å². The number of rotatable bonds is 0. The molecule has 2 unspecified atom stereocenters. The average Bonchev–Trinajstić information content (AvgIpc) is 2.60. The van der Waals surface area contributed by atoms with E-state index < -0.39 is 0 Å². The molecule has 2 rings (SSSR count).